The van der Waals surface area contributed by atoms with E-state index in [1.807, 2.05) is 25.4 Å². The van der Waals surface area contributed by atoms with Crippen molar-refractivity contribution in [3.05, 3.63) is 36.4 Å². The summed E-state index contributed by atoms with van der Waals surface area (Å²) >= 11 is 3.19. The second kappa shape index (κ2) is 5.71. The molecular formula is C15H13N5OS2. The van der Waals surface area contributed by atoms with Crippen LogP contribution in [0.4, 0.5) is 5.00 Å². The molecule has 3 aromatic heterocycles. The Balaban J connectivity index is 1.74. The average molecular weight is 343 g/mol. The molecule has 0 spiro atoms. The molecule has 3 aromatic rings. The van der Waals surface area contributed by atoms with Gasteiger partial charge in [-0.1, -0.05) is 16.5 Å². The minimum Gasteiger partial charge on any atom is -0.411 e. The molecule has 0 aliphatic carbocycles. The van der Waals surface area contributed by atoms with E-state index in [9.17, 15) is 5.21 Å². The highest BCUT2D eigenvalue weighted by Crippen LogP contribution is 2.40. The molecule has 1 aliphatic heterocycles. The summed E-state index contributed by atoms with van der Waals surface area (Å²) in [4.78, 5) is 16.4. The van der Waals surface area contributed by atoms with E-state index in [1.165, 1.54) is 0 Å². The molecule has 4 rings (SSSR count). The zero-order valence-corrected chi connectivity index (χ0v) is 13.9. The fourth-order valence-electron chi connectivity index (χ4n) is 2.45. The zero-order chi connectivity index (χ0) is 15.8. The van der Waals surface area contributed by atoms with Gasteiger partial charge in [0.2, 0.25) is 0 Å². The number of oxime groups is 1. The van der Waals surface area contributed by atoms with Crippen molar-refractivity contribution in [2.75, 3.05) is 18.5 Å². The van der Waals surface area contributed by atoms with Crippen LogP contribution in [0.1, 0.15) is 12.1 Å². The van der Waals surface area contributed by atoms with E-state index in [2.05, 4.69) is 25.0 Å². The Morgan fingerprint density at radius 3 is 2.96 bits per heavy atom. The maximum Gasteiger partial charge on any atom is 0.137 e. The first-order valence-electron chi connectivity index (χ1n) is 7.06. The SMILES string of the molecule is CN1CC/C(=N\O)c2nc(-c3cnc(-c4cccnc4)s3)sc21. The van der Waals surface area contributed by atoms with Crippen LogP contribution in [0.15, 0.2) is 35.9 Å². The molecular weight excluding hydrogens is 330 g/mol. The standard InChI is InChI=1S/C15H13N5OS2/c1-20-6-4-10(19-21)12-15(20)23-14(18-12)11-8-17-13(22-11)9-3-2-5-16-7-9/h2-3,5,7-8,21H,4,6H2,1H3/b19-10+. The predicted molar refractivity (Wildman–Crippen MR) is 92.7 cm³/mol. The van der Waals surface area contributed by atoms with Crippen LogP contribution in [0.2, 0.25) is 0 Å². The fourth-order valence-corrected chi connectivity index (χ4v) is 4.47. The Morgan fingerprint density at radius 1 is 1.26 bits per heavy atom. The van der Waals surface area contributed by atoms with Crippen LogP contribution >= 0.6 is 22.7 Å². The topological polar surface area (TPSA) is 74.5 Å². The molecule has 23 heavy (non-hydrogen) atoms. The van der Waals surface area contributed by atoms with Gasteiger partial charge < -0.3 is 10.1 Å². The third kappa shape index (κ3) is 2.49. The first-order valence-corrected chi connectivity index (χ1v) is 8.69. The van der Waals surface area contributed by atoms with Crippen LogP contribution < -0.4 is 4.90 Å². The molecule has 4 heterocycles. The zero-order valence-electron chi connectivity index (χ0n) is 12.3. The van der Waals surface area contributed by atoms with E-state index in [4.69, 9.17) is 0 Å². The summed E-state index contributed by atoms with van der Waals surface area (Å²) in [5.41, 5.74) is 2.43. The number of aromatic nitrogens is 3. The van der Waals surface area contributed by atoms with Gasteiger partial charge in [-0.25, -0.2) is 9.97 Å². The largest absolute Gasteiger partial charge is 0.411 e. The Kier molecular flexibility index (Phi) is 3.55. The van der Waals surface area contributed by atoms with Gasteiger partial charge in [0, 0.05) is 44.2 Å². The first kappa shape index (κ1) is 14.3. The highest BCUT2D eigenvalue weighted by Gasteiger charge is 2.26. The van der Waals surface area contributed by atoms with Crippen LogP contribution in [0.3, 0.4) is 0 Å². The molecule has 8 heteroatoms. The van der Waals surface area contributed by atoms with Gasteiger partial charge in [-0.15, -0.1) is 11.3 Å². The fraction of sp³-hybridized carbons (Fsp3) is 0.200. The van der Waals surface area contributed by atoms with E-state index in [0.29, 0.717) is 12.1 Å². The van der Waals surface area contributed by atoms with Crippen molar-refractivity contribution in [2.24, 2.45) is 5.16 Å². The number of anilines is 1. The molecule has 0 fully saturated rings. The van der Waals surface area contributed by atoms with Crippen molar-refractivity contribution >= 4 is 33.4 Å². The van der Waals surface area contributed by atoms with Gasteiger partial charge in [0.1, 0.15) is 26.4 Å². The molecule has 0 radical (unpaired) electrons. The van der Waals surface area contributed by atoms with Crippen molar-refractivity contribution < 1.29 is 5.21 Å². The number of thiazole rings is 2. The minimum absolute atomic E-state index is 0.651. The number of hydrogen-bond acceptors (Lipinski definition) is 8. The van der Waals surface area contributed by atoms with Crippen molar-refractivity contribution in [1.82, 2.24) is 15.0 Å². The number of hydrogen-bond donors (Lipinski definition) is 1. The van der Waals surface area contributed by atoms with Gasteiger partial charge in [0.05, 0.1) is 4.88 Å². The van der Waals surface area contributed by atoms with Gasteiger partial charge in [0.15, 0.2) is 0 Å². The quantitative estimate of drug-likeness (QED) is 0.570. The lowest BCUT2D eigenvalue weighted by atomic mass is 10.1. The van der Waals surface area contributed by atoms with E-state index in [-0.39, 0.29) is 0 Å². The summed E-state index contributed by atoms with van der Waals surface area (Å²) in [5, 5.41) is 15.4. The molecule has 1 aliphatic rings. The molecule has 1 N–H and O–H groups in total. The predicted octanol–water partition coefficient (Wildman–Crippen LogP) is 3.35. The Labute approximate surface area is 140 Å². The molecule has 0 aromatic carbocycles. The molecule has 0 amide bonds. The summed E-state index contributed by atoms with van der Waals surface area (Å²) in [6, 6.07) is 3.89. The van der Waals surface area contributed by atoms with Crippen LogP contribution in [0.5, 0.6) is 0 Å². The number of rotatable bonds is 2. The second-order valence-corrected chi connectivity index (χ2v) is 7.17. The van der Waals surface area contributed by atoms with Crippen LogP contribution in [-0.4, -0.2) is 39.5 Å². The molecule has 6 nitrogen and oxygen atoms in total. The lowest BCUT2D eigenvalue weighted by molar-refractivity contribution is 0.317. The molecule has 0 saturated heterocycles. The van der Waals surface area contributed by atoms with Crippen molar-refractivity contribution in [3.8, 4) is 20.5 Å². The first-order chi connectivity index (χ1) is 11.3. The Bertz CT molecular complexity index is 871. The van der Waals surface area contributed by atoms with Crippen LogP contribution in [-0.2, 0) is 0 Å². The smallest absolute Gasteiger partial charge is 0.137 e. The van der Waals surface area contributed by atoms with Gasteiger partial charge in [-0.3, -0.25) is 4.98 Å². The van der Waals surface area contributed by atoms with E-state index < -0.39 is 0 Å². The lowest BCUT2D eigenvalue weighted by Gasteiger charge is -2.22. The van der Waals surface area contributed by atoms with Gasteiger partial charge >= 0.3 is 0 Å². The number of fused-ring (bicyclic) bond motifs is 1. The van der Waals surface area contributed by atoms with E-state index in [0.717, 1.165) is 37.7 Å². The maximum absolute atomic E-state index is 9.17. The monoisotopic (exact) mass is 343 g/mol. The summed E-state index contributed by atoms with van der Waals surface area (Å²) in [5.74, 6) is 0. The number of nitrogens with zero attached hydrogens (tertiary/aromatic N) is 5. The van der Waals surface area contributed by atoms with Gasteiger partial charge in [0.25, 0.3) is 0 Å². The maximum atomic E-state index is 9.17. The molecule has 0 atom stereocenters. The lowest BCUT2D eigenvalue weighted by Crippen LogP contribution is -2.27. The molecule has 0 saturated carbocycles. The Morgan fingerprint density at radius 2 is 2.17 bits per heavy atom. The van der Waals surface area contributed by atoms with Crippen LogP contribution in [0, 0.1) is 0 Å². The average Bonchev–Trinajstić information content (AvgIpc) is 3.23. The van der Waals surface area contributed by atoms with E-state index in [1.54, 1.807) is 35.1 Å². The summed E-state index contributed by atoms with van der Waals surface area (Å²) < 4.78 is 0. The number of pyridine rings is 1. The van der Waals surface area contributed by atoms with Crippen molar-refractivity contribution in [2.45, 2.75) is 6.42 Å². The van der Waals surface area contributed by atoms with Crippen LogP contribution in [0.25, 0.3) is 20.5 Å². The molecule has 116 valence electrons. The molecule has 0 unspecified atom stereocenters. The highest BCUT2D eigenvalue weighted by molar-refractivity contribution is 7.25. The normalized spacial score (nSPS) is 15.9. The third-order valence-electron chi connectivity index (χ3n) is 3.66. The van der Waals surface area contributed by atoms with Gasteiger partial charge in [-0.2, -0.15) is 0 Å². The highest BCUT2D eigenvalue weighted by atomic mass is 32.1. The third-order valence-corrected chi connectivity index (χ3v) is 6.04. The van der Waals surface area contributed by atoms with Gasteiger partial charge in [-0.05, 0) is 12.1 Å². The summed E-state index contributed by atoms with van der Waals surface area (Å²) in [6.07, 6.45) is 6.10. The van der Waals surface area contributed by atoms with Crippen molar-refractivity contribution in [1.29, 1.82) is 0 Å². The summed E-state index contributed by atoms with van der Waals surface area (Å²) in [6.45, 7) is 0.831. The minimum atomic E-state index is 0.651. The second-order valence-electron chi connectivity index (χ2n) is 5.16. The van der Waals surface area contributed by atoms with E-state index >= 15 is 0 Å². The molecule has 0 bridgehead atoms. The summed E-state index contributed by atoms with van der Waals surface area (Å²) in [7, 11) is 2.03. The van der Waals surface area contributed by atoms with Crippen molar-refractivity contribution in [3.63, 3.8) is 0 Å². The Hall–Kier alpha value is -2.32.